The first-order chi connectivity index (χ1) is 8.13. The number of hydrogen-bond donors (Lipinski definition) is 1. The Bertz CT molecular complexity index is 339. The molecule has 0 fully saturated rings. The Hall–Kier alpha value is -0.240. The van der Waals surface area contributed by atoms with Gasteiger partial charge in [0.1, 0.15) is 0 Å². The fraction of sp³-hybridized carbons (Fsp3) is 0.571. The van der Waals surface area contributed by atoms with Gasteiger partial charge < -0.3 is 5.32 Å². The molecule has 1 aromatic carbocycles. The highest BCUT2D eigenvalue weighted by Gasteiger charge is 2.04. The summed E-state index contributed by atoms with van der Waals surface area (Å²) in [6.45, 7) is 5.23. The fourth-order valence-electron chi connectivity index (χ4n) is 1.77. The van der Waals surface area contributed by atoms with Crippen LogP contribution in [0.25, 0.3) is 0 Å². The standard InChI is InChI=1S/C14H21Cl2N/c1-3-4-5-6-11(2)17-10-12-9-13(15)7-8-14(12)16/h7-9,11,17H,3-6,10H2,1-2H3. The van der Waals surface area contributed by atoms with Crippen LogP contribution in [-0.4, -0.2) is 6.04 Å². The highest BCUT2D eigenvalue weighted by atomic mass is 35.5. The van der Waals surface area contributed by atoms with E-state index < -0.39 is 0 Å². The third kappa shape index (κ3) is 5.76. The molecule has 0 aliphatic carbocycles. The number of halogens is 2. The van der Waals surface area contributed by atoms with E-state index in [4.69, 9.17) is 23.2 Å². The van der Waals surface area contributed by atoms with Crippen molar-refractivity contribution in [1.82, 2.24) is 5.32 Å². The van der Waals surface area contributed by atoms with Gasteiger partial charge in [-0.15, -0.1) is 0 Å². The molecule has 0 bridgehead atoms. The van der Waals surface area contributed by atoms with Gasteiger partial charge in [0.05, 0.1) is 0 Å². The SMILES string of the molecule is CCCCCC(C)NCc1cc(Cl)ccc1Cl. The van der Waals surface area contributed by atoms with E-state index in [1.165, 1.54) is 25.7 Å². The number of hydrogen-bond acceptors (Lipinski definition) is 1. The molecule has 1 N–H and O–H groups in total. The topological polar surface area (TPSA) is 12.0 Å². The first-order valence-electron chi connectivity index (χ1n) is 6.30. The monoisotopic (exact) mass is 273 g/mol. The van der Waals surface area contributed by atoms with Crippen molar-refractivity contribution < 1.29 is 0 Å². The van der Waals surface area contributed by atoms with Crippen LogP contribution >= 0.6 is 23.2 Å². The van der Waals surface area contributed by atoms with Crippen LogP contribution in [0.1, 0.15) is 45.1 Å². The molecular weight excluding hydrogens is 253 g/mol. The Balaban J connectivity index is 2.36. The lowest BCUT2D eigenvalue weighted by Crippen LogP contribution is -2.25. The Labute approximate surface area is 115 Å². The number of nitrogens with one attached hydrogen (secondary N) is 1. The Kier molecular flexibility index (Phi) is 6.94. The van der Waals surface area contributed by atoms with Gasteiger partial charge in [0, 0.05) is 22.6 Å². The molecular formula is C14H21Cl2N. The summed E-state index contributed by atoms with van der Waals surface area (Å²) in [5, 5.41) is 5.00. The van der Waals surface area contributed by atoms with Crippen molar-refractivity contribution in [3.05, 3.63) is 33.8 Å². The molecule has 0 radical (unpaired) electrons. The van der Waals surface area contributed by atoms with Gasteiger partial charge in [-0.3, -0.25) is 0 Å². The molecule has 0 aliphatic heterocycles. The van der Waals surface area contributed by atoms with E-state index in [1.807, 2.05) is 18.2 Å². The molecule has 3 heteroatoms. The highest BCUT2D eigenvalue weighted by molar-refractivity contribution is 6.33. The Morgan fingerprint density at radius 2 is 2.00 bits per heavy atom. The molecule has 1 atom stereocenters. The Morgan fingerprint density at radius 1 is 1.24 bits per heavy atom. The molecule has 0 heterocycles. The third-order valence-corrected chi connectivity index (χ3v) is 3.49. The van der Waals surface area contributed by atoms with Crippen LogP contribution in [0.3, 0.4) is 0 Å². The van der Waals surface area contributed by atoms with Crippen LogP contribution in [-0.2, 0) is 6.54 Å². The van der Waals surface area contributed by atoms with E-state index in [1.54, 1.807) is 0 Å². The van der Waals surface area contributed by atoms with Crippen LogP contribution in [0.5, 0.6) is 0 Å². The van der Waals surface area contributed by atoms with Gasteiger partial charge >= 0.3 is 0 Å². The van der Waals surface area contributed by atoms with Crippen LogP contribution in [0, 0.1) is 0 Å². The molecule has 1 aromatic rings. The molecule has 1 rings (SSSR count). The second-order valence-electron chi connectivity index (χ2n) is 4.51. The fourth-order valence-corrected chi connectivity index (χ4v) is 2.14. The van der Waals surface area contributed by atoms with Crippen molar-refractivity contribution >= 4 is 23.2 Å². The molecule has 0 amide bonds. The number of rotatable bonds is 7. The first-order valence-corrected chi connectivity index (χ1v) is 7.06. The van der Waals surface area contributed by atoms with E-state index in [9.17, 15) is 0 Å². The normalized spacial score (nSPS) is 12.7. The van der Waals surface area contributed by atoms with E-state index in [-0.39, 0.29) is 0 Å². The number of benzene rings is 1. The Morgan fingerprint density at radius 3 is 2.71 bits per heavy atom. The van der Waals surface area contributed by atoms with Crippen LogP contribution in [0.15, 0.2) is 18.2 Å². The summed E-state index contributed by atoms with van der Waals surface area (Å²) < 4.78 is 0. The van der Waals surface area contributed by atoms with Crippen molar-refractivity contribution in [2.75, 3.05) is 0 Å². The zero-order valence-electron chi connectivity index (χ0n) is 10.6. The lowest BCUT2D eigenvalue weighted by atomic mass is 10.1. The average Bonchev–Trinajstić information content (AvgIpc) is 2.31. The second kappa shape index (κ2) is 7.97. The summed E-state index contributed by atoms with van der Waals surface area (Å²) in [4.78, 5) is 0. The summed E-state index contributed by atoms with van der Waals surface area (Å²) in [6.07, 6.45) is 5.08. The van der Waals surface area contributed by atoms with E-state index >= 15 is 0 Å². The van der Waals surface area contributed by atoms with Crippen molar-refractivity contribution in [3.8, 4) is 0 Å². The molecule has 0 aliphatic rings. The molecule has 0 saturated carbocycles. The van der Waals surface area contributed by atoms with Crippen LogP contribution in [0.2, 0.25) is 10.0 Å². The second-order valence-corrected chi connectivity index (χ2v) is 5.36. The molecule has 1 unspecified atom stereocenters. The van der Waals surface area contributed by atoms with Gasteiger partial charge in [-0.2, -0.15) is 0 Å². The summed E-state index contributed by atoms with van der Waals surface area (Å²) in [5.74, 6) is 0. The maximum Gasteiger partial charge on any atom is 0.0451 e. The third-order valence-electron chi connectivity index (χ3n) is 2.89. The maximum atomic E-state index is 6.11. The molecule has 0 spiro atoms. The molecule has 17 heavy (non-hydrogen) atoms. The first kappa shape index (κ1) is 14.8. The minimum Gasteiger partial charge on any atom is -0.310 e. The predicted octanol–water partition coefficient (Wildman–Crippen LogP) is 5.05. The quantitative estimate of drug-likeness (QED) is 0.686. The van der Waals surface area contributed by atoms with Crippen molar-refractivity contribution in [3.63, 3.8) is 0 Å². The highest BCUT2D eigenvalue weighted by Crippen LogP contribution is 2.20. The average molecular weight is 274 g/mol. The van der Waals surface area contributed by atoms with Gasteiger partial charge in [0.15, 0.2) is 0 Å². The van der Waals surface area contributed by atoms with E-state index in [2.05, 4.69) is 19.2 Å². The smallest absolute Gasteiger partial charge is 0.0451 e. The van der Waals surface area contributed by atoms with Gasteiger partial charge in [-0.25, -0.2) is 0 Å². The molecule has 0 saturated heterocycles. The van der Waals surface area contributed by atoms with Crippen molar-refractivity contribution in [1.29, 1.82) is 0 Å². The van der Waals surface area contributed by atoms with E-state index in [0.717, 1.165) is 22.2 Å². The zero-order valence-corrected chi connectivity index (χ0v) is 12.1. The van der Waals surface area contributed by atoms with Crippen LogP contribution in [0.4, 0.5) is 0 Å². The van der Waals surface area contributed by atoms with E-state index in [0.29, 0.717) is 6.04 Å². The van der Waals surface area contributed by atoms with Gasteiger partial charge in [-0.05, 0) is 37.1 Å². The van der Waals surface area contributed by atoms with Gasteiger partial charge in [-0.1, -0.05) is 49.4 Å². The van der Waals surface area contributed by atoms with Crippen molar-refractivity contribution in [2.24, 2.45) is 0 Å². The minimum absolute atomic E-state index is 0.525. The lowest BCUT2D eigenvalue weighted by molar-refractivity contribution is 0.487. The zero-order chi connectivity index (χ0) is 12.7. The summed E-state index contributed by atoms with van der Waals surface area (Å²) in [6, 6.07) is 6.12. The summed E-state index contributed by atoms with van der Waals surface area (Å²) in [5.41, 5.74) is 1.07. The molecule has 96 valence electrons. The van der Waals surface area contributed by atoms with Crippen LogP contribution < -0.4 is 5.32 Å². The maximum absolute atomic E-state index is 6.11. The lowest BCUT2D eigenvalue weighted by Gasteiger charge is -2.14. The molecule has 0 aromatic heterocycles. The summed E-state index contributed by atoms with van der Waals surface area (Å²) >= 11 is 12.1. The minimum atomic E-state index is 0.525. The largest absolute Gasteiger partial charge is 0.310 e. The van der Waals surface area contributed by atoms with Crippen molar-refractivity contribution in [2.45, 2.75) is 52.1 Å². The van der Waals surface area contributed by atoms with Gasteiger partial charge in [0.25, 0.3) is 0 Å². The molecule has 1 nitrogen and oxygen atoms in total. The summed E-state index contributed by atoms with van der Waals surface area (Å²) in [7, 11) is 0. The number of unbranched alkanes of at least 4 members (excludes halogenated alkanes) is 2. The van der Waals surface area contributed by atoms with Gasteiger partial charge in [0.2, 0.25) is 0 Å². The predicted molar refractivity (Wildman–Crippen MR) is 76.9 cm³/mol.